The van der Waals surface area contributed by atoms with Crippen LogP contribution in [0, 0.1) is 0 Å². The van der Waals surface area contributed by atoms with E-state index in [1.807, 2.05) is 0 Å². The molecule has 4 rings (SSSR count). The number of hydrogen-bond acceptors (Lipinski definition) is 7. The molecule has 0 aliphatic carbocycles. The van der Waals surface area contributed by atoms with Crippen LogP contribution in [0.5, 0.6) is 0 Å². The first-order chi connectivity index (χ1) is 14.4. The van der Waals surface area contributed by atoms with Gasteiger partial charge in [0.2, 0.25) is 6.10 Å². The summed E-state index contributed by atoms with van der Waals surface area (Å²) in [5.41, 5.74) is 0.529. The van der Waals surface area contributed by atoms with Gasteiger partial charge in [0.25, 0.3) is 15.9 Å². The van der Waals surface area contributed by atoms with Crippen molar-refractivity contribution in [1.29, 1.82) is 0 Å². The maximum atomic E-state index is 13.1. The fraction of sp³-hybridized carbons (Fsp3) is 0.350. The van der Waals surface area contributed by atoms with E-state index in [1.54, 1.807) is 52.4 Å². The Morgan fingerprint density at radius 3 is 2.57 bits per heavy atom. The van der Waals surface area contributed by atoms with Gasteiger partial charge in [-0.3, -0.25) is 4.79 Å². The summed E-state index contributed by atoms with van der Waals surface area (Å²) in [6.45, 7) is 1.84. The Balaban J connectivity index is 1.62. The van der Waals surface area contributed by atoms with Gasteiger partial charge in [0.05, 0.1) is 19.0 Å². The van der Waals surface area contributed by atoms with Crippen LogP contribution in [-0.2, 0) is 29.1 Å². The molecule has 0 spiro atoms. The highest BCUT2D eigenvalue weighted by Gasteiger charge is 2.35. The summed E-state index contributed by atoms with van der Waals surface area (Å²) in [6, 6.07) is 8.73. The molecule has 1 fully saturated rings. The fourth-order valence-electron chi connectivity index (χ4n) is 3.38. The van der Waals surface area contributed by atoms with Crippen molar-refractivity contribution in [1.82, 2.24) is 9.80 Å². The van der Waals surface area contributed by atoms with Crippen LogP contribution in [0.1, 0.15) is 11.7 Å². The first-order valence-corrected chi connectivity index (χ1v) is 11.2. The second-order valence-electron chi connectivity index (χ2n) is 6.95. The van der Waals surface area contributed by atoms with E-state index in [2.05, 4.69) is 4.40 Å². The molecule has 30 heavy (non-hydrogen) atoms. The summed E-state index contributed by atoms with van der Waals surface area (Å²) in [5.74, 6) is -1.28. The van der Waals surface area contributed by atoms with Gasteiger partial charge in [0, 0.05) is 31.4 Å². The molecule has 0 saturated carbocycles. The molecule has 3 heterocycles. The predicted octanol–water partition coefficient (Wildman–Crippen LogP) is 0.627. The molecule has 158 valence electrons. The Morgan fingerprint density at radius 2 is 1.83 bits per heavy atom. The molecular weight excluding hydrogens is 410 g/mol. The molecule has 3 aliphatic heterocycles. The van der Waals surface area contributed by atoms with E-state index in [0.717, 1.165) is 0 Å². The molecule has 1 amide bonds. The number of ether oxygens (including phenoxy) is 2. The van der Waals surface area contributed by atoms with E-state index < -0.39 is 22.1 Å². The second-order valence-corrected chi connectivity index (χ2v) is 8.70. The largest absolute Gasteiger partial charge is 0.444 e. The average Bonchev–Trinajstić information content (AvgIpc) is 2.77. The van der Waals surface area contributed by atoms with Crippen molar-refractivity contribution in [3.05, 3.63) is 59.8 Å². The van der Waals surface area contributed by atoms with Crippen molar-refractivity contribution < 1.29 is 27.5 Å². The van der Waals surface area contributed by atoms with Crippen molar-refractivity contribution in [3.8, 4) is 0 Å². The number of morpholine rings is 1. The minimum absolute atomic E-state index is 0.00326. The van der Waals surface area contributed by atoms with Gasteiger partial charge in [0.1, 0.15) is 5.57 Å². The molecule has 0 aromatic heterocycles. The quantitative estimate of drug-likeness (QED) is 0.644. The zero-order valence-electron chi connectivity index (χ0n) is 16.1. The standard InChI is InChI=1S/C20H21N3O6S/c24-19(23-9-12-28-13-10-23)17(15-5-2-1-3-6-15)29-20(25)16-7-4-8-22-11-14-30(26,27)21-18(16)22/h1-8,17H,9-14H2/t17-/m0/s1. The highest BCUT2D eigenvalue weighted by molar-refractivity contribution is 7.90. The molecule has 9 nitrogen and oxygen atoms in total. The minimum Gasteiger partial charge on any atom is -0.444 e. The summed E-state index contributed by atoms with van der Waals surface area (Å²) >= 11 is 0. The number of esters is 1. The number of hydrogen-bond donors (Lipinski definition) is 0. The van der Waals surface area contributed by atoms with Crippen LogP contribution in [-0.4, -0.2) is 74.5 Å². The number of carbonyl (C=O) groups excluding carboxylic acids is 2. The number of fused-ring (bicyclic) bond motifs is 1. The van der Waals surface area contributed by atoms with Crippen molar-refractivity contribution in [2.45, 2.75) is 6.10 Å². The van der Waals surface area contributed by atoms with Crippen LogP contribution in [0.3, 0.4) is 0 Å². The lowest BCUT2D eigenvalue weighted by Gasteiger charge is -2.31. The van der Waals surface area contributed by atoms with Gasteiger partial charge in [-0.15, -0.1) is 4.40 Å². The molecule has 1 aromatic carbocycles. The molecule has 0 bridgehead atoms. The van der Waals surface area contributed by atoms with E-state index in [0.29, 0.717) is 31.9 Å². The molecule has 1 aromatic rings. The monoisotopic (exact) mass is 431 g/mol. The highest BCUT2D eigenvalue weighted by Crippen LogP contribution is 2.25. The maximum Gasteiger partial charge on any atom is 0.343 e. The van der Waals surface area contributed by atoms with Gasteiger partial charge in [-0.1, -0.05) is 30.3 Å². The third-order valence-corrected chi connectivity index (χ3v) is 6.10. The number of sulfonamides is 1. The first kappa shape index (κ1) is 20.3. The minimum atomic E-state index is -3.66. The summed E-state index contributed by atoms with van der Waals surface area (Å²) in [5, 5.41) is 0. The zero-order chi connectivity index (χ0) is 21.1. The Bertz CT molecular complexity index is 1030. The third-order valence-electron chi connectivity index (χ3n) is 4.95. The molecular formula is C20H21N3O6S. The molecule has 0 radical (unpaired) electrons. The molecule has 3 aliphatic rings. The lowest BCUT2D eigenvalue weighted by molar-refractivity contribution is -0.159. The SMILES string of the molecule is O=C(O[C@H](C(=O)N1CCOCC1)c1ccccc1)C1=CC=CN2CCS(=O)(=O)N=C12. The van der Waals surface area contributed by atoms with Gasteiger partial charge in [-0.25, -0.2) is 13.2 Å². The zero-order valence-corrected chi connectivity index (χ0v) is 17.0. The first-order valence-electron chi connectivity index (χ1n) is 9.55. The second kappa shape index (κ2) is 8.41. The summed E-state index contributed by atoms with van der Waals surface area (Å²) in [7, 11) is -3.66. The number of amidine groups is 1. The van der Waals surface area contributed by atoms with Crippen LogP contribution in [0.25, 0.3) is 0 Å². The van der Waals surface area contributed by atoms with Crippen molar-refractivity contribution in [3.63, 3.8) is 0 Å². The van der Waals surface area contributed by atoms with Crippen LogP contribution in [0.15, 0.2) is 58.7 Å². The number of carbonyl (C=O) groups is 2. The normalized spacial score (nSPS) is 21.2. The van der Waals surface area contributed by atoms with Gasteiger partial charge in [0.15, 0.2) is 5.84 Å². The Kier molecular flexibility index (Phi) is 5.69. The topological polar surface area (TPSA) is 106 Å². The van der Waals surface area contributed by atoms with Crippen LogP contribution in [0.4, 0.5) is 0 Å². The maximum absolute atomic E-state index is 13.1. The lowest BCUT2D eigenvalue weighted by atomic mass is 10.1. The van der Waals surface area contributed by atoms with E-state index in [-0.39, 0.29) is 29.6 Å². The van der Waals surface area contributed by atoms with E-state index in [9.17, 15) is 18.0 Å². The van der Waals surface area contributed by atoms with E-state index >= 15 is 0 Å². The lowest BCUT2D eigenvalue weighted by Crippen LogP contribution is -2.44. The van der Waals surface area contributed by atoms with Gasteiger partial charge in [-0.2, -0.15) is 0 Å². The average molecular weight is 431 g/mol. The van der Waals surface area contributed by atoms with Crippen LogP contribution >= 0.6 is 0 Å². The van der Waals surface area contributed by atoms with Crippen molar-refractivity contribution in [2.75, 3.05) is 38.6 Å². The summed E-state index contributed by atoms with van der Waals surface area (Å²) < 4.78 is 38.5. The van der Waals surface area contributed by atoms with Crippen molar-refractivity contribution in [2.24, 2.45) is 4.40 Å². The molecule has 10 heteroatoms. The number of rotatable bonds is 4. The summed E-state index contributed by atoms with van der Waals surface area (Å²) in [4.78, 5) is 29.3. The number of nitrogens with zero attached hydrogens (tertiary/aromatic N) is 3. The smallest absolute Gasteiger partial charge is 0.343 e. The van der Waals surface area contributed by atoms with Crippen LogP contribution in [0.2, 0.25) is 0 Å². The Hall–Kier alpha value is -2.98. The summed E-state index contributed by atoms with van der Waals surface area (Å²) in [6.07, 6.45) is 3.56. The van der Waals surface area contributed by atoms with E-state index in [4.69, 9.17) is 9.47 Å². The van der Waals surface area contributed by atoms with Gasteiger partial charge in [-0.05, 0) is 12.2 Å². The van der Waals surface area contributed by atoms with E-state index in [1.165, 1.54) is 6.08 Å². The van der Waals surface area contributed by atoms with Gasteiger partial charge >= 0.3 is 5.97 Å². The predicted molar refractivity (Wildman–Crippen MR) is 108 cm³/mol. The van der Waals surface area contributed by atoms with Gasteiger partial charge < -0.3 is 19.3 Å². The molecule has 1 saturated heterocycles. The molecule has 0 unspecified atom stereocenters. The van der Waals surface area contributed by atoms with Crippen molar-refractivity contribution >= 4 is 27.7 Å². The Morgan fingerprint density at radius 1 is 1.10 bits per heavy atom. The molecule has 0 N–H and O–H groups in total. The number of amides is 1. The van der Waals surface area contributed by atoms with Crippen LogP contribution < -0.4 is 0 Å². The molecule has 1 atom stereocenters. The third kappa shape index (κ3) is 4.29. The fourth-order valence-corrected chi connectivity index (χ4v) is 4.37. The highest BCUT2D eigenvalue weighted by atomic mass is 32.2. The number of benzene rings is 1. The number of allylic oxidation sites excluding steroid dienone is 2. The Labute approximate surface area is 174 Å².